The average Bonchev–Trinajstić information content (AvgIpc) is 3.97. The number of carbonyl (C=O) groups is 5. The second-order valence-electron chi connectivity index (χ2n) is 16.1. The number of urea groups is 1. The Balaban J connectivity index is 1.80. The van der Waals surface area contributed by atoms with Gasteiger partial charge in [0.05, 0.1) is 12.1 Å². The van der Waals surface area contributed by atoms with Crippen LogP contribution in [0.1, 0.15) is 93.4 Å². The van der Waals surface area contributed by atoms with Crippen molar-refractivity contribution in [2.75, 3.05) is 13.1 Å². The number of esters is 1. The smallest absolute Gasteiger partial charge is 0.389 e. The Morgan fingerprint density at radius 1 is 0.961 bits per heavy atom. The summed E-state index contributed by atoms with van der Waals surface area (Å²) in [6, 6.07) is -5.59. The van der Waals surface area contributed by atoms with Crippen molar-refractivity contribution in [3.63, 3.8) is 0 Å². The Kier molecular flexibility index (Phi) is 14.5. The summed E-state index contributed by atoms with van der Waals surface area (Å²) in [5.74, 6) is -3.45. The molecule has 2 unspecified atom stereocenters. The summed E-state index contributed by atoms with van der Waals surface area (Å²) in [5, 5.41) is 21.8. The highest BCUT2D eigenvalue weighted by atomic mass is 19.4. The Labute approximate surface area is 299 Å². The van der Waals surface area contributed by atoms with E-state index in [-0.39, 0.29) is 36.9 Å². The average molecular weight is 730 g/mol. The van der Waals surface area contributed by atoms with Crippen LogP contribution in [-0.4, -0.2) is 95.4 Å². The molecule has 2 saturated carbocycles. The molecule has 0 spiro atoms. The molecule has 0 aromatic carbocycles. The molecule has 5 N–H and O–H groups in total. The van der Waals surface area contributed by atoms with Crippen molar-refractivity contribution in [1.29, 1.82) is 0 Å². The maximum Gasteiger partial charge on any atom is 0.389 e. The summed E-state index contributed by atoms with van der Waals surface area (Å²) >= 11 is 0. The number of rotatable bonds is 18. The molecular weight excluding hydrogens is 671 g/mol. The topological polar surface area (TPSA) is 166 Å². The molecule has 3 fully saturated rings. The van der Waals surface area contributed by atoms with Crippen LogP contribution in [0.2, 0.25) is 0 Å². The third kappa shape index (κ3) is 12.2. The number of likely N-dealkylation sites (tertiary alicyclic amines) is 1. The minimum absolute atomic E-state index is 0.0885. The number of nitrogens with zero attached hydrogens (tertiary/aromatic N) is 1. The van der Waals surface area contributed by atoms with E-state index in [0.717, 1.165) is 25.7 Å². The minimum atomic E-state index is -4.63. The van der Waals surface area contributed by atoms with E-state index in [0.29, 0.717) is 18.3 Å². The molecule has 51 heavy (non-hydrogen) atoms. The molecule has 15 heteroatoms. The lowest BCUT2D eigenvalue weighted by atomic mass is 9.84. The second-order valence-corrected chi connectivity index (χ2v) is 16.1. The predicted octanol–water partition coefficient (Wildman–Crippen LogP) is 3.82. The number of ketones is 1. The van der Waals surface area contributed by atoms with E-state index in [4.69, 9.17) is 4.74 Å². The molecule has 1 heterocycles. The van der Waals surface area contributed by atoms with Crippen LogP contribution in [-0.2, 0) is 23.9 Å². The lowest BCUT2D eigenvalue weighted by Crippen LogP contribution is -2.63. The van der Waals surface area contributed by atoms with Gasteiger partial charge in [-0.05, 0) is 73.5 Å². The Morgan fingerprint density at radius 3 is 2.02 bits per heavy atom. The van der Waals surface area contributed by atoms with E-state index in [9.17, 15) is 42.3 Å². The first-order valence-corrected chi connectivity index (χ1v) is 18.2. The number of aliphatic hydroxyl groups excluding tert-OH is 1. The van der Waals surface area contributed by atoms with Gasteiger partial charge in [0.2, 0.25) is 11.7 Å². The molecule has 3 aliphatic rings. The van der Waals surface area contributed by atoms with Crippen LogP contribution in [0.4, 0.5) is 18.0 Å². The van der Waals surface area contributed by atoms with Crippen molar-refractivity contribution in [3.8, 4) is 0 Å². The number of alkyl halides is 3. The van der Waals surface area contributed by atoms with E-state index in [1.807, 2.05) is 13.8 Å². The molecule has 4 amide bonds. The highest BCUT2D eigenvalue weighted by molar-refractivity contribution is 6.38. The number of hydrogen-bond donors (Lipinski definition) is 5. The molecule has 0 aromatic heterocycles. The zero-order valence-electron chi connectivity index (χ0n) is 31.0. The monoisotopic (exact) mass is 729 g/mol. The molecule has 2 aliphatic carbocycles. The lowest BCUT2D eigenvalue weighted by Gasteiger charge is -2.40. The Hall–Kier alpha value is -3.20. The van der Waals surface area contributed by atoms with Crippen molar-refractivity contribution >= 4 is 29.6 Å². The second kappa shape index (κ2) is 17.5. The van der Waals surface area contributed by atoms with Gasteiger partial charge in [0, 0.05) is 19.5 Å². The number of aliphatic hydroxyl groups is 1. The summed E-state index contributed by atoms with van der Waals surface area (Å²) in [6.45, 7) is 16.1. The maximum atomic E-state index is 14.3. The van der Waals surface area contributed by atoms with Gasteiger partial charge in [0.25, 0.3) is 5.91 Å². The minimum Gasteiger partial charge on any atom is -0.460 e. The fourth-order valence-electron chi connectivity index (χ4n) is 6.80. The number of amides is 4. The zero-order chi connectivity index (χ0) is 38.4. The molecule has 12 nitrogen and oxygen atoms in total. The number of hydrogen-bond acceptors (Lipinski definition) is 8. The van der Waals surface area contributed by atoms with Gasteiger partial charge in [0.15, 0.2) is 0 Å². The highest BCUT2D eigenvalue weighted by Crippen LogP contribution is 2.46. The summed E-state index contributed by atoms with van der Waals surface area (Å²) in [4.78, 5) is 67.9. The fraction of sp³-hybridized carbons (Fsp3) is 0.806. The lowest BCUT2D eigenvalue weighted by molar-refractivity contribution is -0.155. The van der Waals surface area contributed by atoms with E-state index >= 15 is 0 Å². The number of Topliss-reactive ketones (excluding diaryl/α,β-unsaturated/α-hetero) is 1. The van der Waals surface area contributed by atoms with Crippen molar-refractivity contribution in [2.24, 2.45) is 35.0 Å². The van der Waals surface area contributed by atoms with Crippen LogP contribution in [0.15, 0.2) is 12.7 Å². The first kappa shape index (κ1) is 42.2. The summed E-state index contributed by atoms with van der Waals surface area (Å²) in [7, 11) is 0. The van der Waals surface area contributed by atoms with Crippen LogP contribution in [0.25, 0.3) is 0 Å². The summed E-state index contributed by atoms with van der Waals surface area (Å²) in [6.07, 6.45) is -2.90. The van der Waals surface area contributed by atoms with Crippen LogP contribution >= 0.6 is 0 Å². The molecule has 0 aromatic rings. The fourth-order valence-corrected chi connectivity index (χ4v) is 6.80. The van der Waals surface area contributed by atoms with Crippen LogP contribution in [0, 0.1) is 35.0 Å². The number of ether oxygens (including phenoxy) is 1. The molecule has 3 rings (SSSR count). The van der Waals surface area contributed by atoms with Crippen LogP contribution < -0.4 is 21.3 Å². The third-order valence-electron chi connectivity index (χ3n) is 10.0. The van der Waals surface area contributed by atoms with Crippen molar-refractivity contribution in [2.45, 2.75) is 136 Å². The molecule has 1 saturated heterocycles. The number of nitrogens with one attached hydrogen (secondary N) is 4. The number of carbonyl (C=O) groups excluding carboxylic acids is 5. The van der Waals surface area contributed by atoms with Gasteiger partial charge in [-0.3, -0.25) is 19.7 Å². The van der Waals surface area contributed by atoms with E-state index < -0.39 is 84.4 Å². The van der Waals surface area contributed by atoms with Gasteiger partial charge >= 0.3 is 18.2 Å². The SMILES string of the molecule is C=CCNC(=O)C(=O)C(CCC(F)(F)F)NC(O)[C@@H]1[C@@H](C(C)C)CCN1C(=O)[C@@H](NC(=O)N[C@H](C(=O)OC(C1CC1)C1CC1)C(C)C)C(C)(C)C. The van der Waals surface area contributed by atoms with Crippen LogP contribution in [0.5, 0.6) is 0 Å². The Morgan fingerprint density at radius 2 is 1.55 bits per heavy atom. The van der Waals surface area contributed by atoms with Gasteiger partial charge in [0.1, 0.15) is 24.4 Å². The van der Waals surface area contributed by atoms with E-state index in [2.05, 4.69) is 27.8 Å². The van der Waals surface area contributed by atoms with Gasteiger partial charge in [-0.25, -0.2) is 9.59 Å². The van der Waals surface area contributed by atoms with Crippen molar-refractivity contribution in [1.82, 2.24) is 26.2 Å². The summed E-state index contributed by atoms with van der Waals surface area (Å²) < 4.78 is 45.6. The number of halogens is 3. The third-order valence-corrected chi connectivity index (χ3v) is 10.0. The molecule has 0 radical (unpaired) electrons. The van der Waals surface area contributed by atoms with Crippen molar-refractivity contribution < 1.29 is 47.0 Å². The largest absolute Gasteiger partial charge is 0.460 e. The first-order chi connectivity index (χ1) is 23.7. The van der Waals surface area contributed by atoms with E-state index in [1.165, 1.54) is 11.0 Å². The Bertz CT molecular complexity index is 1250. The zero-order valence-corrected chi connectivity index (χ0v) is 31.0. The molecule has 0 bridgehead atoms. The summed E-state index contributed by atoms with van der Waals surface area (Å²) in [5.41, 5.74) is -0.862. The van der Waals surface area contributed by atoms with Crippen LogP contribution in [0.3, 0.4) is 0 Å². The highest BCUT2D eigenvalue weighted by Gasteiger charge is 2.49. The predicted molar refractivity (Wildman–Crippen MR) is 184 cm³/mol. The van der Waals surface area contributed by atoms with Crippen molar-refractivity contribution in [3.05, 3.63) is 12.7 Å². The first-order valence-electron chi connectivity index (χ1n) is 18.2. The normalized spacial score (nSPS) is 22.0. The molecule has 1 aliphatic heterocycles. The van der Waals surface area contributed by atoms with Gasteiger partial charge < -0.3 is 30.7 Å². The van der Waals surface area contributed by atoms with E-state index in [1.54, 1.807) is 34.6 Å². The van der Waals surface area contributed by atoms with Gasteiger partial charge in [-0.2, -0.15) is 13.2 Å². The quantitative estimate of drug-likeness (QED) is 0.0615. The molecule has 6 atom stereocenters. The van der Waals surface area contributed by atoms with Gasteiger partial charge in [-0.15, -0.1) is 6.58 Å². The standard InChI is InChI=1S/C36H58F3N5O7/c1-9-17-40-31(47)27(45)24(14-16-36(37,38)39)41-30(46)26-23(19(2)3)15-18-44(26)32(48)29(35(6,7)8)43-34(50)42-25(20(4)5)33(49)51-28(21-10-11-21)22-12-13-22/h9,19-26,28-30,41,46H,1,10-18H2,2-8H3,(H,40,47)(H2,42,43,50)/t23-,24?,25+,26+,29-,30?/m1/s1. The maximum absolute atomic E-state index is 14.3. The molecular formula is C36H58F3N5O7. The van der Waals surface area contributed by atoms with Gasteiger partial charge in [-0.1, -0.05) is 54.5 Å². The molecule has 290 valence electrons.